The molecule has 1 unspecified atom stereocenters. The molecule has 8 nitrogen and oxygen atoms in total. The zero-order chi connectivity index (χ0) is 17.7. The molecule has 2 amide bonds. The van der Waals surface area contributed by atoms with Crippen molar-refractivity contribution in [1.29, 1.82) is 0 Å². The lowest BCUT2D eigenvalue weighted by molar-refractivity contribution is -0.384. The van der Waals surface area contributed by atoms with Gasteiger partial charge in [0, 0.05) is 31.3 Å². The first-order valence-electron chi connectivity index (χ1n) is 7.60. The number of carbonyl (C=O) groups is 2. The van der Waals surface area contributed by atoms with Gasteiger partial charge in [0.15, 0.2) is 0 Å². The largest absolute Gasteiger partial charge is 0.396 e. The number of halogens is 1. The van der Waals surface area contributed by atoms with Gasteiger partial charge in [0.05, 0.1) is 15.6 Å². The maximum atomic E-state index is 12.4. The van der Waals surface area contributed by atoms with Crippen LogP contribution in [-0.2, 0) is 9.59 Å². The lowest BCUT2D eigenvalue weighted by Crippen LogP contribution is -2.48. The number of aliphatic hydroxyl groups is 1. The first-order valence-corrected chi connectivity index (χ1v) is 7.98. The fourth-order valence-electron chi connectivity index (χ4n) is 2.75. The third-order valence-corrected chi connectivity index (χ3v) is 4.28. The van der Waals surface area contributed by atoms with Gasteiger partial charge in [0.1, 0.15) is 0 Å². The van der Waals surface area contributed by atoms with E-state index in [9.17, 15) is 19.7 Å². The fraction of sp³-hybridized carbons (Fsp3) is 0.467. The average molecular weight is 356 g/mol. The van der Waals surface area contributed by atoms with E-state index in [4.69, 9.17) is 16.7 Å². The number of rotatable bonds is 4. The molecule has 24 heavy (non-hydrogen) atoms. The van der Waals surface area contributed by atoms with E-state index in [-0.39, 0.29) is 29.0 Å². The summed E-state index contributed by atoms with van der Waals surface area (Å²) >= 11 is 5.92. The van der Waals surface area contributed by atoms with Gasteiger partial charge in [0.2, 0.25) is 0 Å². The molecule has 130 valence electrons. The molecule has 9 heteroatoms. The maximum absolute atomic E-state index is 12.4. The molecular weight excluding hydrogens is 338 g/mol. The number of hydrogen-bond acceptors (Lipinski definition) is 5. The molecule has 2 N–H and O–H groups in total. The van der Waals surface area contributed by atoms with E-state index in [1.807, 2.05) is 0 Å². The molecule has 1 aliphatic rings. The summed E-state index contributed by atoms with van der Waals surface area (Å²) in [6.45, 7) is 0.381. The molecule has 1 aromatic carbocycles. The summed E-state index contributed by atoms with van der Waals surface area (Å²) < 4.78 is 0. The zero-order valence-corrected chi connectivity index (χ0v) is 13.7. The lowest BCUT2D eigenvalue weighted by atomic mass is 9.99. The SMILES string of the molecule is O=C(Nc1cc([N+](=O)[O-])ccc1Cl)C(=O)N1CCCCC1CCO. The van der Waals surface area contributed by atoms with Crippen LogP contribution in [0.1, 0.15) is 25.7 Å². The van der Waals surface area contributed by atoms with Gasteiger partial charge in [-0.1, -0.05) is 11.6 Å². The van der Waals surface area contributed by atoms with Crippen molar-refractivity contribution < 1.29 is 19.6 Å². The second-order valence-corrected chi connectivity index (χ2v) is 5.94. The number of likely N-dealkylation sites (tertiary alicyclic amines) is 1. The fourth-order valence-corrected chi connectivity index (χ4v) is 2.91. The van der Waals surface area contributed by atoms with Gasteiger partial charge in [-0.05, 0) is 31.7 Å². The summed E-state index contributed by atoms with van der Waals surface area (Å²) in [7, 11) is 0. The summed E-state index contributed by atoms with van der Waals surface area (Å²) in [5, 5.41) is 22.3. The number of nitro benzene ring substituents is 1. The predicted octanol–water partition coefficient (Wildman–Crippen LogP) is 1.95. The van der Waals surface area contributed by atoms with Crippen LogP contribution in [0.25, 0.3) is 0 Å². The van der Waals surface area contributed by atoms with Crippen molar-refractivity contribution in [2.75, 3.05) is 18.5 Å². The molecule has 1 heterocycles. The molecule has 1 aromatic rings. The number of nitrogens with zero attached hydrogens (tertiary/aromatic N) is 2. The molecule has 1 fully saturated rings. The quantitative estimate of drug-likeness (QED) is 0.487. The van der Waals surface area contributed by atoms with E-state index >= 15 is 0 Å². The van der Waals surface area contributed by atoms with Crippen molar-refractivity contribution in [3.63, 3.8) is 0 Å². The Morgan fingerprint density at radius 3 is 2.83 bits per heavy atom. The highest BCUT2D eigenvalue weighted by atomic mass is 35.5. The Hall–Kier alpha value is -2.19. The van der Waals surface area contributed by atoms with Gasteiger partial charge in [0.25, 0.3) is 5.69 Å². The van der Waals surface area contributed by atoms with Gasteiger partial charge in [-0.3, -0.25) is 19.7 Å². The number of benzene rings is 1. The van der Waals surface area contributed by atoms with Crippen molar-refractivity contribution >= 4 is 34.8 Å². The number of nitro groups is 1. The van der Waals surface area contributed by atoms with Crippen LogP contribution in [-0.4, -0.2) is 45.9 Å². The molecule has 1 atom stereocenters. The van der Waals surface area contributed by atoms with Crippen LogP contribution >= 0.6 is 11.6 Å². The van der Waals surface area contributed by atoms with Crippen molar-refractivity contribution in [2.45, 2.75) is 31.7 Å². The van der Waals surface area contributed by atoms with Gasteiger partial charge in [-0.2, -0.15) is 0 Å². The maximum Gasteiger partial charge on any atom is 0.313 e. The third kappa shape index (κ3) is 4.21. The lowest BCUT2D eigenvalue weighted by Gasteiger charge is -2.35. The van der Waals surface area contributed by atoms with Gasteiger partial charge >= 0.3 is 11.8 Å². The molecule has 0 saturated carbocycles. The number of non-ortho nitro benzene ring substituents is 1. The number of piperidine rings is 1. The van der Waals surface area contributed by atoms with Crippen LogP contribution in [0.4, 0.5) is 11.4 Å². The van der Waals surface area contributed by atoms with Crippen molar-refractivity contribution in [3.05, 3.63) is 33.3 Å². The first kappa shape index (κ1) is 18.2. The topological polar surface area (TPSA) is 113 Å². The summed E-state index contributed by atoms with van der Waals surface area (Å²) in [6.07, 6.45) is 2.87. The summed E-state index contributed by atoms with van der Waals surface area (Å²) in [6, 6.07) is 3.42. The minimum absolute atomic E-state index is 0.0138. The zero-order valence-electron chi connectivity index (χ0n) is 12.9. The average Bonchev–Trinajstić information content (AvgIpc) is 2.56. The minimum atomic E-state index is -0.901. The second-order valence-electron chi connectivity index (χ2n) is 5.54. The highest BCUT2D eigenvalue weighted by Crippen LogP contribution is 2.27. The van der Waals surface area contributed by atoms with Gasteiger partial charge < -0.3 is 15.3 Å². The third-order valence-electron chi connectivity index (χ3n) is 3.95. The highest BCUT2D eigenvalue weighted by Gasteiger charge is 2.30. The van der Waals surface area contributed by atoms with E-state index in [1.165, 1.54) is 17.0 Å². The van der Waals surface area contributed by atoms with Crippen LogP contribution in [0, 0.1) is 10.1 Å². The minimum Gasteiger partial charge on any atom is -0.396 e. The van der Waals surface area contributed by atoms with Crippen LogP contribution < -0.4 is 5.32 Å². The molecule has 2 rings (SSSR count). The van der Waals surface area contributed by atoms with Crippen molar-refractivity contribution in [3.8, 4) is 0 Å². The molecular formula is C15H18ClN3O5. The second kappa shape index (κ2) is 8.07. The standard InChI is InChI=1S/C15H18ClN3O5/c16-12-5-4-11(19(23)24)9-13(12)17-14(21)15(22)18-7-2-1-3-10(18)6-8-20/h4-5,9-10,20H,1-3,6-8H2,(H,17,21). The molecule has 0 radical (unpaired) electrons. The molecule has 0 aromatic heterocycles. The van der Waals surface area contributed by atoms with Crippen molar-refractivity contribution in [2.24, 2.45) is 0 Å². The number of amides is 2. The molecule has 0 bridgehead atoms. The Labute approximate surface area is 143 Å². The Morgan fingerprint density at radius 2 is 2.17 bits per heavy atom. The van der Waals surface area contributed by atoms with Gasteiger partial charge in [-0.15, -0.1) is 0 Å². The number of anilines is 1. The van der Waals surface area contributed by atoms with E-state index in [0.29, 0.717) is 13.0 Å². The predicted molar refractivity (Wildman–Crippen MR) is 87.8 cm³/mol. The molecule has 1 saturated heterocycles. The number of hydrogen-bond donors (Lipinski definition) is 2. The van der Waals surface area contributed by atoms with Crippen LogP contribution in [0.5, 0.6) is 0 Å². The van der Waals surface area contributed by atoms with E-state index in [0.717, 1.165) is 25.3 Å². The van der Waals surface area contributed by atoms with Crippen LogP contribution in [0.15, 0.2) is 18.2 Å². The number of carbonyl (C=O) groups excluding carboxylic acids is 2. The van der Waals surface area contributed by atoms with E-state index in [2.05, 4.69) is 5.32 Å². The Bertz CT molecular complexity index is 650. The Kier molecular flexibility index (Phi) is 6.10. The molecule has 0 aliphatic carbocycles. The molecule has 1 aliphatic heterocycles. The van der Waals surface area contributed by atoms with E-state index < -0.39 is 16.7 Å². The summed E-state index contributed by atoms with van der Waals surface area (Å²) in [4.78, 5) is 36.2. The number of aliphatic hydroxyl groups excluding tert-OH is 1. The van der Waals surface area contributed by atoms with Crippen molar-refractivity contribution in [1.82, 2.24) is 4.90 Å². The summed E-state index contributed by atoms with van der Waals surface area (Å²) in [5.74, 6) is -1.63. The Morgan fingerprint density at radius 1 is 1.42 bits per heavy atom. The monoisotopic (exact) mass is 355 g/mol. The van der Waals surface area contributed by atoms with Crippen LogP contribution in [0.3, 0.4) is 0 Å². The number of nitrogens with one attached hydrogen (secondary N) is 1. The molecule has 0 spiro atoms. The first-order chi connectivity index (χ1) is 11.4. The Balaban J connectivity index is 2.12. The van der Waals surface area contributed by atoms with Crippen LogP contribution in [0.2, 0.25) is 5.02 Å². The summed E-state index contributed by atoms with van der Waals surface area (Å²) in [5.41, 5.74) is -0.224. The normalized spacial score (nSPS) is 17.4. The highest BCUT2D eigenvalue weighted by molar-refractivity contribution is 6.41. The van der Waals surface area contributed by atoms with E-state index in [1.54, 1.807) is 0 Å². The smallest absolute Gasteiger partial charge is 0.313 e. The van der Waals surface area contributed by atoms with Gasteiger partial charge in [-0.25, -0.2) is 0 Å².